The maximum atomic E-state index is 13.1. The topological polar surface area (TPSA) is 21.6 Å². The second kappa shape index (κ2) is 6.61. The molecule has 0 atom stereocenters. The Hall–Kier alpha value is -1.75. The van der Waals surface area contributed by atoms with Crippen LogP contribution in [0.3, 0.4) is 0 Å². The van der Waals surface area contributed by atoms with E-state index in [2.05, 4.69) is 21.1 Å². The molecular formula is C15H12BrF2NO. The molecule has 0 radical (unpaired) electrons. The fourth-order valence-electron chi connectivity index (χ4n) is 1.56. The lowest BCUT2D eigenvalue weighted by Crippen LogP contribution is -1.98. The van der Waals surface area contributed by atoms with Crippen molar-refractivity contribution in [3.05, 3.63) is 69.7 Å². The molecular weight excluding hydrogens is 328 g/mol. The maximum Gasteiger partial charge on any atom is 0.159 e. The average molecular weight is 340 g/mol. The molecule has 0 aliphatic rings. The van der Waals surface area contributed by atoms with Gasteiger partial charge in [0.05, 0.1) is 5.71 Å². The summed E-state index contributed by atoms with van der Waals surface area (Å²) < 4.78 is 26.9. The van der Waals surface area contributed by atoms with Crippen LogP contribution in [0.2, 0.25) is 0 Å². The molecule has 2 rings (SSSR count). The largest absolute Gasteiger partial charge is 0.391 e. The number of oxime groups is 1. The zero-order valence-corrected chi connectivity index (χ0v) is 12.3. The molecule has 0 amide bonds. The van der Waals surface area contributed by atoms with E-state index in [-0.39, 0.29) is 0 Å². The summed E-state index contributed by atoms with van der Waals surface area (Å²) in [4.78, 5) is 5.20. The molecule has 0 N–H and O–H groups in total. The number of hydrogen-bond acceptors (Lipinski definition) is 2. The summed E-state index contributed by atoms with van der Waals surface area (Å²) in [6.45, 7) is 1.99. The van der Waals surface area contributed by atoms with Gasteiger partial charge in [0.15, 0.2) is 11.6 Å². The van der Waals surface area contributed by atoms with E-state index in [1.807, 2.05) is 24.3 Å². The predicted octanol–water partition coefficient (Wildman–Crippen LogP) is 4.67. The molecule has 2 aromatic rings. The second-order valence-electron chi connectivity index (χ2n) is 4.21. The van der Waals surface area contributed by atoms with E-state index in [4.69, 9.17) is 4.84 Å². The first-order valence-corrected chi connectivity index (χ1v) is 6.72. The summed E-state index contributed by atoms with van der Waals surface area (Å²) >= 11 is 3.35. The summed E-state index contributed by atoms with van der Waals surface area (Å²) in [7, 11) is 0. The fourth-order valence-corrected chi connectivity index (χ4v) is 1.82. The van der Waals surface area contributed by atoms with Gasteiger partial charge in [-0.1, -0.05) is 33.2 Å². The predicted molar refractivity (Wildman–Crippen MR) is 77.5 cm³/mol. The van der Waals surface area contributed by atoms with Gasteiger partial charge in [-0.15, -0.1) is 0 Å². The van der Waals surface area contributed by atoms with Crippen LogP contribution < -0.4 is 0 Å². The zero-order chi connectivity index (χ0) is 14.5. The zero-order valence-electron chi connectivity index (χ0n) is 10.7. The minimum Gasteiger partial charge on any atom is -0.391 e. The molecule has 5 heteroatoms. The van der Waals surface area contributed by atoms with Gasteiger partial charge in [-0.25, -0.2) is 8.78 Å². The standard InChI is InChI=1S/C15H12BrF2NO/c1-10(12-4-7-14(17)15(18)8-12)19-20-9-11-2-5-13(16)6-3-11/h2-8H,9H2,1H3/b19-10+. The third kappa shape index (κ3) is 3.87. The van der Waals surface area contributed by atoms with Crippen molar-refractivity contribution >= 4 is 21.6 Å². The van der Waals surface area contributed by atoms with Crippen LogP contribution in [0.5, 0.6) is 0 Å². The van der Waals surface area contributed by atoms with E-state index in [9.17, 15) is 8.78 Å². The van der Waals surface area contributed by atoms with Crippen LogP contribution >= 0.6 is 15.9 Å². The van der Waals surface area contributed by atoms with Gasteiger partial charge in [0.2, 0.25) is 0 Å². The van der Waals surface area contributed by atoms with E-state index >= 15 is 0 Å². The van der Waals surface area contributed by atoms with Gasteiger partial charge in [-0.05, 0) is 42.8 Å². The highest BCUT2D eigenvalue weighted by atomic mass is 79.9. The molecule has 2 nitrogen and oxygen atoms in total. The van der Waals surface area contributed by atoms with E-state index in [0.717, 1.165) is 22.2 Å². The van der Waals surface area contributed by atoms with Gasteiger partial charge in [0.25, 0.3) is 0 Å². The van der Waals surface area contributed by atoms with Gasteiger partial charge in [-0.3, -0.25) is 0 Å². The Morgan fingerprint density at radius 2 is 1.80 bits per heavy atom. The lowest BCUT2D eigenvalue weighted by molar-refractivity contribution is 0.130. The molecule has 0 aliphatic heterocycles. The molecule has 0 aliphatic carbocycles. The monoisotopic (exact) mass is 339 g/mol. The Morgan fingerprint density at radius 3 is 2.45 bits per heavy atom. The third-order valence-corrected chi connectivity index (χ3v) is 3.21. The van der Waals surface area contributed by atoms with Crippen molar-refractivity contribution in [1.82, 2.24) is 0 Å². The van der Waals surface area contributed by atoms with Crippen molar-refractivity contribution in [3.63, 3.8) is 0 Å². The highest BCUT2D eigenvalue weighted by Crippen LogP contribution is 2.12. The van der Waals surface area contributed by atoms with Crippen LogP contribution in [0, 0.1) is 11.6 Å². The van der Waals surface area contributed by atoms with Crippen LogP contribution in [-0.4, -0.2) is 5.71 Å². The van der Waals surface area contributed by atoms with Gasteiger partial charge in [0, 0.05) is 10.0 Å². The molecule has 0 saturated heterocycles. The molecule has 0 aromatic heterocycles. The van der Waals surface area contributed by atoms with Crippen LogP contribution in [0.15, 0.2) is 52.1 Å². The van der Waals surface area contributed by atoms with E-state index < -0.39 is 11.6 Å². The van der Waals surface area contributed by atoms with E-state index in [0.29, 0.717) is 17.9 Å². The van der Waals surface area contributed by atoms with Crippen molar-refractivity contribution in [1.29, 1.82) is 0 Å². The van der Waals surface area contributed by atoms with Gasteiger partial charge in [0.1, 0.15) is 6.61 Å². The Kier molecular flexibility index (Phi) is 4.84. The quantitative estimate of drug-likeness (QED) is 0.586. The molecule has 0 heterocycles. The van der Waals surface area contributed by atoms with Crippen LogP contribution in [0.25, 0.3) is 0 Å². The van der Waals surface area contributed by atoms with Crippen LogP contribution in [0.1, 0.15) is 18.1 Å². The summed E-state index contributed by atoms with van der Waals surface area (Å²) in [6.07, 6.45) is 0. The Morgan fingerprint density at radius 1 is 1.10 bits per heavy atom. The first-order chi connectivity index (χ1) is 9.56. The summed E-state index contributed by atoms with van der Waals surface area (Å²) in [5, 5.41) is 3.90. The Bertz CT molecular complexity index is 626. The number of benzene rings is 2. The lowest BCUT2D eigenvalue weighted by Gasteiger charge is -2.03. The minimum absolute atomic E-state index is 0.314. The molecule has 0 unspecified atom stereocenters. The first-order valence-electron chi connectivity index (χ1n) is 5.92. The number of hydrogen-bond donors (Lipinski definition) is 0. The number of halogens is 3. The average Bonchev–Trinajstić information content (AvgIpc) is 2.44. The van der Waals surface area contributed by atoms with E-state index in [1.54, 1.807) is 6.92 Å². The highest BCUT2D eigenvalue weighted by molar-refractivity contribution is 9.10. The fraction of sp³-hybridized carbons (Fsp3) is 0.133. The van der Waals surface area contributed by atoms with Crippen molar-refractivity contribution in [2.45, 2.75) is 13.5 Å². The number of nitrogens with zero attached hydrogens (tertiary/aromatic N) is 1. The smallest absolute Gasteiger partial charge is 0.159 e. The molecule has 0 saturated carbocycles. The van der Waals surface area contributed by atoms with Crippen molar-refractivity contribution in [2.24, 2.45) is 5.16 Å². The third-order valence-electron chi connectivity index (χ3n) is 2.68. The van der Waals surface area contributed by atoms with Crippen LogP contribution in [-0.2, 0) is 11.4 Å². The van der Waals surface area contributed by atoms with Gasteiger partial charge < -0.3 is 4.84 Å². The molecule has 104 valence electrons. The Labute approximate surface area is 124 Å². The number of rotatable bonds is 4. The highest BCUT2D eigenvalue weighted by Gasteiger charge is 2.05. The van der Waals surface area contributed by atoms with E-state index in [1.165, 1.54) is 6.07 Å². The van der Waals surface area contributed by atoms with Gasteiger partial charge in [-0.2, -0.15) is 0 Å². The van der Waals surface area contributed by atoms with Crippen molar-refractivity contribution < 1.29 is 13.6 Å². The maximum absolute atomic E-state index is 13.1. The normalized spacial score (nSPS) is 11.5. The summed E-state index contributed by atoms with van der Waals surface area (Å²) in [5.74, 6) is -1.78. The van der Waals surface area contributed by atoms with Crippen molar-refractivity contribution in [2.75, 3.05) is 0 Å². The molecule has 2 aromatic carbocycles. The first kappa shape index (κ1) is 14.7. The SMILES string of the molecule is C/C(=N\OCc1ccc(Br)cc1)c1ccc(F)c(F)c1. The Balaban J connectivity index is 2.00. The second-order valence-corrected chi connectivity index (χ2v) is 5.12. The van der Waals surface area contributed by atoms with Crippen LogP contribution in [0.4, 0.5) is 8.78 Å². The summed E-state index contributed by atoms with van der Waals surface area (Å²) in [6, 6.07) is 11.3. The molecule has 0 spiro atoms. The lowest BCUT2D eigenvalue weighted by atomic mass is 10.1. The minimum atomic E-state index is -0.898. The molecule has 20 heavy (non-hydrogen) atoms. The van der Waals surface area contributed by atoms with Crippen molar-refractivity contribution in [3.8, 4) is 0 Å². The van der Waals surface area contributed by atoms with Gasteiger partial charge >= 0.3 is 0 Å². The summed E-state index contributed by atoms with van der Waals surface area (Å²) in [5.41, 5.74) is 1.94. The molecule has 0 fully saturated rings. The molecule has 0 bridgehead atoms.